The van der Waals surface area contributed by atoms with Crippen LogP contribution in [-0.2, 0) is 0 Å². The molecule has 12 aromatic rings. The van der Waals surface area contributed by atoms with Gasteiger partial charge in [-0.1, -0.05) is 60.7 Å². The topological polar surface area (TPSA) is 57.6 Å². The van der Waals surface area contributed by atoms with Crippen LogP contribution in [0.3, 0.4) is 0 Å². The van der Waals surface area contributed by atoms with Crippen LogP contribution >= 0.6 is 0 Å². The first-order valence-corrected chi connectivity index (χ1v) is 17.5. The molecule has 0 aliphatic rings. The van der Waals surface area contributed by atoms with E-state index in [2.05, 4.69) is 170 Å². The lowest BCUT2D eigenvalue weighted by atomic mass is 10.0. The summed E-state index contributed by atoms with van der Waals surface area (Å²) in [4.78, 5) is 10.2. The standard InChI is InChI=1S/C45H28N6O/c1-27-17-20-37-35(23-27)47-45-49(39-14-5-7-16-41(39)51(37)45)31-19-22-43-33(26-31)32-25-29(18-21-42(32)52-43)28-9-8-10-30(24-28)48-38-13-4-6-15-40(38)50-36-12-3-2-11-34(36)46-44(48)50/h2-26H,1H3. The van der Waals surface area contributed by atoms with E-state index in [1.54, 1.807) is 0 Å². The summed E-state index contributed by atoms with van der Waals surface area (Å²) in [6, 6.07) is 53.5. The lowest BCUT2D eigenvalue weighted by Gasteiger charge is -2.09. The van der Waals surface area contributed by atoms with Gasteiger partial charge in [0, 0.05) is 16.5 Å². The van der Waals surface area contributed by atoms with Gasteiger partial charge in [0.05, 0.1) is 49.8 Å². The van der Waals surface area contributed by atoms with Crippen LogP contribution in [0.25, 0.3) is 100 Å². The Hall–Kier alpha value is -7.12. The summed E-state index contributed by atoms with van der Waals surface area (Å²) in [5, 5.41) is 2.14. The van der Waals surface area contributed by atoms with Gasteiger partial charge in [0.2, 0.25) is 11.6 Å². The quantitative estimate of drug-likeness (QED) is 0.188. The van der Waals surface area contributed by atoms with Crippen molar-refractivity contribution in [2.24, 2.45) is 0 Å². The van der Waals surface area contributed by atoms with Crippen molar-refractivity contribution in [3.8, 4) is 22.5 Å². The smallest absolute Gasteiger partial charge is 0.220 e. The summed E-state index contributed by atoms with van der Waals surface area (Å²) in [5.41, 5.74) is 15.9. The first-order valence-electron chi connectivity index (χ1n) is 17.5. The maximum absolute atomic E-state index is 6.41. The van der Waals surface area contributed by atoms with Crippen LogP contribution in [0.15, 0.2) is 156 Å². The maximum atomic E-state index is 6.41. The third-order valence-electron chi connectivity index (χ3n) is 10.6. The molecule has 7 heteroatoms. The van der Waals surface area contributed by atoms with Crippen LogP contribution in [-0.4, -0.2) is 27.9 Å². The molecule has 0 spiro atoms. The number of fused-ring (bicyclic) bond motifs is 13. The van der Waals surface area contributed by atoms with E-state index >= 15 is 0 Å². The fourth-order valence-electron chi connectivity index (χ4n) is 8.28. The van der Waals surface area contributed by atoms with Gasteiger partial charge in [0.25, 0.3) is 0 Å². The first kappa shape index (κ1) is 27.7. The minimum absolute atomic E-state index is 0.855. The number of hydrogen-bond donors (Lipinski definition) is 0. The number of furan rings is 1. The molecule has 0 fully saturated rings. The van der Waals surface area contributed by atoms with Gasteiger partial charge < -0.3 is 4.42 Å². The number of rotatable bonds is 3. The Bertz CT molecular complexity index is 3440. The van der Waals surface area contributed by atoms with Crippen molar-refractivity contribution in [2.45, 2.75) is 6.92 Å². The summed E-state index contributed by atoms with van der Waals surface area (Å²) in [7, 11) is 0. The van der Waals surface area contributed by atoms with E-state index in [9.17, 15) is 0 Å². The van der Waals surface area contributed by atoms with E-state index in [0.717, 1.165) is 100 Å². The third kappa shape index (κ3) is 3.68. The number of nitrogens with zero attached hydrogens (tertiary/aromatic N) is 6. The lowest BCUT2D eigenvalue weighted by Crippen LogP contribution is -1.95. The lowest BCUT2D eigenvalue weighted by molar-refractivity contribution is 0.669. The maximum Gasteiger partial charge on any atom is 0.220 e. The molecule has 0 saturated heterocycles. The Morgan fingerprint density at radius 3 is 1.75 bits per heavy atom. The molecular weight excluding hydrogens is 641 g/mol. The van der Waals surface area contributed by atoms with Crippen molar-refractivity contribution in [1.82, 2.24) is 27.9 Å². The van der Waals surface area contributed by atoms with Crippen molar-refractivity contribution in [3.05, 3.63) is 157 Å². The van der Waals surface area contributed by atoms with Crippen molar-refractivity contribution >= 4 is 77.6 Å². The van der Waals surface area contributed by atoms with Gasteiger partial charge in [0.1, 0.15) is 11.2 Å². The largest absolute Gasteiger partial charge is 0.456 e. The summed E-state index contributed by atoms with van der Waals surface area (Å²) in [6.07, 6.45) is 0. The van der Waals surface area contributed by atoms with Gasteiger partial charge in [-0.2, -0.15) is 0 Å². The number of aryl methyl sites for hydroxylation is 1. The van der Waals surface area contributed by atoms with Crippen LogP contribution in [0, 0.1) is 6.92 Å². The Kier molecular flexibility index (Phi) is 5.32. The van der Waals surface area contributed by atoms with E-state index in [1.807, 2.05) is 6.07 Å². The second-order valence-electron chi connectivity index (χ2n) is 13.7. The summed E-state index contributed by atoms with van der Waals surface area (Å²) < 4.78 is 15.5. The highest BCUT2D eigenvalue weighted by molar-refractivity contribution is 6.07. The molecule has 0 bridgehead atoms. The molecular formula is C45H28N6O. The van der Waals surface area contributed by atoms with Crippen LogP contribution in [0.1, 0.15) is 5.56 Å². The van der Waals surface area contributed by atoms with E-state index in [0.29, 0.717) is 0 Å². The zero-order chi connectivity index (χ0) is 34.1. The second-order valence-corrected chi connectivity index (χ2v) is 13.7. The zero-order valence-electron chi connectivity index (χ0n) is 28.0. The molecule has 244 valence electrons. The predicted octanol–water partition coefficient (Wildman–Crippen LogP) is 11.1. The van der Waals surface area contributed by atoms with Crippen molar-refractivity contribution in [3.63, 3.8) is 0 Å². The molecule has 5 aromatic heterocycles. The van der Waals surface area contributed by atoms with Crippen LogP contribution in [0.5, 0.6) is 0 Å². The van der Waals surface area contributed by atoms with Gasteiger partial charge in [-0.25, -0.2) is 9.97 Å². The van der Waals surface area contributed by atoms with Crippen molar-refractivity contribution in [2.75, 3.05) is 0 Å². The predicted molar refractivity (Wildman–Crippen MR) is 210 cm³/mol. The average Bonchev–Trinajstić information content (AvgIpc) is 3.97. The van der Waals surface area contributed by atoms with Crippen LogP contribution in [0.4, 0.5) is 0 Å². The zero-order valence-corrected chi connectivity index (χ0v) is 28.0. The first-order chi connectivity index (χ1) is 25.7. The van der Waals surface area contributed by atoms with E-state index in [4.69, 9.17) is 14.4 Å². The number of benzene rings is 7. The molecule has 5 heterocycles. The van der Waals surface area contributed by atoms with E-state index in [1.165, 1.54) is 5.56 Å². The molecule has 7 nitrogen and oxygen atoms in total. The highest BCUT2D eigenvalue weighted by Gasteiger charge is 2.20. The highest BCUT2D eigenvalue weighted by atomic mass is 16.3. The van der Waals surface area contributed by atoms with Crippen molar-refractivity contribution in [1.29, 1.82) is 0 Å². The van der Waals surface area contributed by atoms with E-state index < -0.39 is 0 Å². The van der Waals surface area contributed by atoms with Crippen LogP contribution < -0.4 is 0 Å². The molecule has 52 heavy (non-hydrogen) atoms. The molecule has 12 rings (SSSR count). The monoisotopic (exact) mass is 668 g/mol. The number of hydrogen-bond acceptors (Lipinski definition) is 3. The molecule has 0 unspecified atom stereocenters. The van der Waals surface area contributed by atoms with E-state index in [-0.39, 0.29) is 0 Å². The highest BCUT2D eigenvalue weighted by Crippen LogP contribution is 2.37. The molecule has 0 saturated carbocycles. The summed E-state index contributed by atoms with van der Waals surface area (Å²) in [6.45, 7) is 2.11. The Morgan fingerprint density at radius 2 is 1.00 bits per heavy atom. The molecule has 7 aromatic carbocycles. The fraction of sp³-hybridized carbons (Fsp3) is 0.0222. The van der Waals surface area contributed by atoms with Gasteiger partial charge in [-0.05, 0) is 115 Å². The minimum atomic E-state index is 0.855. The van der Waals surface area contributed by atoms with Gasteiger partial charge >= 0.3 is 0 Å². The van der Waals surface area contributed by atoms with Gasteiger partial charge in [-0.3, -0.25) is 17.9 Å². The number of aromatic nitrogens is 6. The summed E-state index contributed by atoms with van der Waals surface area (Å²) in [5.74, 6) is 1.79. The molecule has 0 atom stereocenters. The SMILES string of the molecule is Cc1ccc2c(c1)nc1n(-c3ccc4oc5ccc(-c6cccc(-n7c8ccccc8n8c9ccccc9nc78)c6)cc5c4c3)c3ccccc3n21. The second kappa shape index (κ2) is 9.99. The fourth-order valence-corrected chi connectivity index (χ4v) is 8.28. The minimum Gasteiger partial charge on any atom is -0.456 e. The summed E-state index contributed by atoms with van der Waals surface area (Å²) >= 11 is 0. The average molecular weight is 669 g/mol. The third-order valence-corrected chi connectivity index (χ3v) is 10.6. The Morgan fingerprint density at radius 1 is 0.423 bits per heavy atom. The number of imidazole rings is 4. The molecule has 0 aliphatic heterocycles. The molecule has 0 radical (unpaired) electrons. The van der Waals surface area contributed by atoms with Gasteiger partial charge in [0.15, 0.2) is 0 Å². The Balaban J connectivity index is 1.04. The van der Waals surface area contributed by atoms with Gasteiger partial charge in [-0.15, -0.1) is 0 Å². The number of para-hydroxylation sites is 6. The molecule has 0 amide bonds. The normalized spacial score (nSPS) is 12.3. The van der Waals surface area contributed by atoms with Crippen molar-refractivity contribution < 1.29 is 4.42 Å². The van der Waals surface area contributed by atoms with Crippen LogP contribution in [0.2, 0.25) is 0 Å². The molecule has 0 aliphatic carbocycles. The molecule has 0 N–H and O–H groups in total. The Labute approximate surface area is 295 Å².